The van der Waals surface area contributed by atoms with Gasteiger partial charge in [0, 0.05) is 36.6 Å². The fraction of sp³-hybridized carbons (Fsp3) is 1.00. The Morgan fingerprint density at radius 2 is 1.21 bits per heavy atom. The van der Waals surface area contributed by atoms with Gasteiger partial charge in [-0.25, -0.2) is 0 Å². The summed E-state index contributed by atoms with van der Waals surface area (Å²) in [4.78, 5) is 0. The molecule has 0 radical (unpaired) electrons. The summed E-state index contributed by atoms with van der Waals surface area (Å²) in [6, 6.07) is 0.0743. The first-order valence-corrected chi connectivity index (χ1v) is 11.4. The van der Waals surface area contributed by atoms with Crippen molar-refractivity contribution in [3.8, 4) is 0 Å². The minimum absolute atomic E-state index is 0.0256. The predicted molar refractivity (Wildman–Crippen MR) is 93.1 cm³/mol. The van der Waals surface area contributed by atoms with E-state index in [1.54, 1.807) is 21.6 Å². The van der Waals surface area contributed by atoms with Crippen molar-refractivity contribution in [1.82, 2.24) is 0 Å². The average Bonchev–Trinajstić information content (AvgIpc) is 2.58. The maximum Gasteiger partial charge on any atom is 0.0797 e. The van der Waals surface area contributed by atoms with E-state index in [4.69, 9.17) is 0 Å². The Labute approximate surface area is 152 Å². The number of hydrogen-bond acceptors (Lipinski definition) is 6. The van der Waals surface area contributed by atoms with E-state index < -0.39 is 12.2 Å². The Kier molecular flexibility index (Phi) is 8.62. The van der Waals surface area contributed by atoms with Crippen LogP contribution in [0.25, 0.3) is 0 Å². The lowest BCUT2D eigenvalue weighted by Crippen LogP contribution is -2.97. The third-order valence-electron chi connectivity index (χ3n) is 5.78. The van der Waals surface area contributed by atoms with Gasteiger partial charge in [0.1, 0.15) is 0 Å². The van der Waals surface area contributed by atoms with Gasteiger partial charge in [0.2, 0.25) is 0 Å². The molecule has 0 bridgehead atoms. The van der Waals surface area contributed by atoms with Gasteiger partial charge in [0.05, 0.1) is 25.2 Å². The zero-order valence-electron chi connectivity index (χ0n) is 14.5. The number of hydrogen-bond donors (Lipinski definition) is 4. The monoisotopic (exact) mass is 380 g/mol. The molecule has 0 spiro atoms. The second-order valence-corrected chi connectivity index (χ2v) is 9.92. The number of aliphatic hydroxyl groups is 2. The van der Waals surface area contributed by atoms with Crippen molar-refractivity contribution >= 4 is 21.6 Å². The number of aliphatic hydroxyl groups excluding tert-OH is 2. The van der Waals surface area contributed by atoms with Crippen LogP contribution < -0.4 is 20.8 Å². The van der Waals surface area contributed by atoms with Crippen LogP contribution in [-0.2, 0) is 0 Å². The van der Waals surface area contributed by atoms with Gasteiger partial charge in [-0.2, -0.15) is 0 Å². The van der Waals surface area contributed by atoms with Gasteiger partial charge in [-0.3, -0.25) is 0 Å². The largest absolute Gasteiger partial charge is 0.847 e. The van der Waals surface area contributed by atoms with Crippen LogP contribution in [0.3, 0.4) is 0 Å². The molecular formula is C16H32N2O4S2. The van der Waals surface area contributed by atoms with Crippen molar-refractivity contribution in [3.63, 3.8) is 0 Å². The molecule has 0 saturated carbocycles. The number of nitrogens with two attached hydrogens (primary N) is 2. The van der Waals surface area contributed by atoms with Crippen molar-refractivity contribution < 1.29 is 31.1 Å². The summed E-state index contributed by atoms with van der Waals surface area (Å²) in [5.74, 6) is 1.89. The van der Waals surface area contributed by atoms with Crippen molar-refractivity contribution in [2.24, 2.45) is 23.7 Å². The van der Waals surface area contributed by atoms with E-state index in [1.807, 2.05) is 13.8 Å². The number of rotatable bonds is 7. The molecule has 0 aromatic heterocycles. The molecule has 0 aromatic rings. The Balaban J connectivity index is 1.74. The van der Waals surface area contributed by atoms with E-state index in [0.717, 1.165) is 24.6 Å². The molecule has 2 fully saturated rings. The van der Waals surface area contributed by atoms with Crippen LogP contribution in [0.15, 0.2) is 0 Å². The first kappa shape index (κ1) is 20.8. The van der Waals surface area contributed by atoms with E-state index in [1.165, 1.54) is 0 Å². The van der Waals surface area contributed by atoms with Gasteiger partial charge in [-0.05, 0) is 25.7 Å². The minimum atomic E-state index is -0.700. The zero-order chi connectivity index (χ0) is 17.7. The van der Waals surface area contributed by atoms with Crippen LogP contribution in [0.1, 0.15) is 13.8 Å². The fourth-order valence-corrected chi connectivity index (χ4v) is 6.81. The summed E-state index contributed by atoms with van der Waals surface area (Å²) in [5, 5.41) is 47.7. The highest BCUT2D eigenvalue weighted by molar-refractivity contribution is 8.76. The molecule has 2 aliphatic rings. The van der Waals surface area contributed by atoms with Crippen LogP contribution in [0.5, 0.6) is 0 Å². The quantitative estimate of drug-likeness (QED) is 0.266. The molecule has 8 heteroatoms. The third kappa shape index (κ3) is 5.01. The summed E-state index contributed by atoms with van der Waals surface area (Å²) in [6.45, 7) is 5.62. The highest BCUT2D eigenvalue weighted by atomic mass is 33.1. The first-order chi connectivity index (χ1) is 11.5. The highest BCUT2D eigenvalue weighted by Crippen LogP contribution is 2.32. The van der Waals surface area contributed by atoms with E-state index in [2.05, 4.69) is 10.6 Å². The maximum atomic E-state index is 12.2. The lowest BCUT2D eigenvalue weighted by molar-refractivity contribution is -0.735. The number of piperidine rings is 2. The van der Waals surface area contributed by atoms with Crippen molar-refractivity contribution in [2.45, 2.75) is 38.1 Å². The second-order valence-electron chi connectivity index (χ2n) is 7.37. The zero-order valence-corrected chi connectivity index (χ0v) is 16.2. The molecule has 2 heterocycles. The van der Waals surface area contributed by atoms with Gasteiger partial charge < -0.3 is 31.1 Å². The van der Waals surface area contributed by atoms with E-state index in [-0.39, 0.29) is 49.0 Å². The molecule has 6 N–H and O–H groups in total. The summed E-state index contributed by atoms with van der Waals surface area (Å²) in [5.41, 5.74) is 0. The first-order valence-electron chi connectivity index (χ1n) is 8.94. The Morgan fingerprint density at radius 3 is 1.54 bits per heavy atom. The maximum absolute atomic E-state index is 12.2. The molecule has 2 saturated heterocycles. The summed E-state index contributed by atoms with van der Waals surface area (Å²) < 4.78 is 0. The molecule has 8 atom stereocenters. The van der Waals surface area contributed by atoms with Crippen LogP contribution in [0.4, 0.5) is 0 Å². The van der Waals surface area contributed by atoms with Gasteiger partial charge in [-0.1, -0.05) is 33.8 Å². The van der Waals surface area contributed by atoms with Crippen molar-refractivity contribution in [2.75, 3.05) is 37.8 Å². The second kappa shape index (κ2) is 9.97. The van der Waals surface area contributed by atoms with Gasteiger partial charge in [-0.15, -0.1) is 0 Å². The topological polar surface area (TPSA) is 120 Å². The van der Waals surface area contributed by atoms with Crippen LogP contribution in [0, 0.1) is 23.7 Å². The molecule has 0 aliphatic carbocycles. The molecule has 24 heavy (non-hydrogen) atoms. The van der Waals surface area contributed by atoms with Gasteiger partial charge in [0.15, 0.2) is 0 Å². The van der Waals surface area contributed by atoms with Crippen molar-refractivity contribution in [3.05, 3.63) is 0 Å². The smallest absolute Gasteiger partial charge is 0.0797 e. The molecule has 0 aromatic carbocycles. The molecule has 142 valence electrons. The van der Waals surface area contributed by atoms with E-state index in [9.17, 15) is 20.4 Å². The number of quaternary nitrogens is 2. The summed E-state index contributed by atoms with van der Waals surface area (Å²) in [6.07, 6.45) is -1.40. The molecule has 0 amide bonds. The standard InChI is InChI=1S/C16H30N2O4S2/c1-9-15(21)13(5-19)11(3-17-9)7-23-24-8-12-4-18-10(2)16(22)14(12)6-20/h9-20H,3-8H2,1-2H3/q-2/p+2. The molecular weight excluding hydrogens is 348 g/mol. The van der Waals surface area contributed by atoms with E-state index in [0.29, 0.717) is 0 Å². The van der Waals surface area contributed by atoms with E-state index >= 15 is 0 Å². The Morgan fingerprint density at radius 1 is 0.833 bits per heavy atom. The van der Waals surface area contributed by atoms with Gasteiger partial charge >= 0.3 is 0 Å². The van der Waals surface area contributed by atoms with Gasteiger partial charge in [0.25, 0.3) is 0 Å². The van der Waals surface area contributed by atoms with Crippen molar-refractivity contribution in [1.29, 1.82) is 0 Å². The lowest BCUT2D eigenvalue weighted by atomic mass is 9.82. The van der Waals surface area contributed by atoms with Crippen LogP contribution in [0.2, 0.25) is 0 Å². The minimum Gasteiger partial charge on any atom is -0.847 e. The molecule has 2 rings (SSSR count). The molecule has 2 aliphatic heterocycles. The van der Waals surface area contributed by atoms with Crippen LogP contribution >= 0.6 is 21.6 Å². The predicted octanol–water partition coefficient (Wildman–Crippen LogP) is -3.79. The SMILES string of the molecule is CC1[NH2+]CC(CSSCC2C[NH2+]C(C)C([O-])C2CO)C(CO)C1[O-]. The normalized spacial score (nSPS) is 43.8. The molecule has 6 nitrogen and oxygen atoms in total. The fourth-order valence-electron chi connectivity index (χ4n) is 3.87. The summed E-state index contributed by atoms with van der Waals surface area (Å²) in [7, 11) is 3.48. The third-order valence-corrected chi connectivity index (χ3v) is 8.39. The molecule has 8 unspecified atom stereocenters. The lowest BCUT2D eigenvalue weighted by Gasteiger charge is -2.44. The Bertz CT molecular complexity index is 346. The highest BCUT2D eigenvalue weighted by Gasteiger charge is 2.35. The summed E-state index contributed by atoms with van der Waals surface area (Å²) >= 11 is 0. The van der Waals surface area contributed by atoms with Crippen LogP contribution in [-0.4, -0.2) is 72.3 Å². The Hall–Kier alpha value is 0.460. The average molecular weight is 381 g/mol.